The van der Waals surface area contributed by atoms with Gasteiger partial charge in [0.2, 0.25) is 0 Å². The highest BCUT2D eigenvalue weighted by Crippen LogP contribution is 2.66. The van der Waals surface area contributed by atoms with Crippen molar-refractivity contribution in [3.63, 3.8) is 0 Å². The predicted molar refractivity (Wildman–Crippen MR) is 157 cm³/mol. The fourth-order valence-corrected chi connectivity index (χ4v) is 10.3. The van der Waals surface area contributed by atoms with Crippen molar-refractivity contribution in [3.8, 4) is 0 Å². The summed E-state index contributed by atoms with van der Waals surface area (Å²) in [6, 6.07) is 3.51. The first-order valence-electron chi connectivity index (χ1n) is 15.0. The number of fused-ring (bicyclic) bond motifs is 5. The number of pyridine rings is 1. The third-order valence-corrected chi connectivity index (χ3v) is 12.3. The summed E-state index contributed by atoms with van der Waals surface area (Å²) in [6.45, 7) is 10.2. The highest BCUT2D eigenvalue weighted by atomic mass is 31.2. The molecule has 0 aliphatic heterocycles. The van der Waals surface area contributed by atoms with Gasteiger partial charge in [0.05, 0.1) is 12.2 Å². The van der Waals surface area contributed by atoms with Gasteiger partial charge in [0.25, 0.3) is 7.52 Å². The number of carbonyl (C=O) groups is 1. The number of carbonyl (C=O) groups excluding carboxylic acids is 1. The van der Waals surface area contributed by atoms with Gasteiger partial charge in [-0.3, -0.25) is 14.3 Å². The van der Waals surface area contributed by atoms with E-state index in [-0.39, 0.29) is 29.4 Å². The standard InChI is InChI=1S/C32H47N2O5P/c1-21(2)38-30(35)22(3)34-40(36,20-37-6)39-25-13-15-31(4)24(18-25)9-10-26-28-12-11-27(23-8-7-17-33-19-23)32(28,5)16-14-29(26)31/h7-9,11,17,19,21-22,25-26,28-29H,10,12-16,18,20H2,1-6H3,(H,34,36)/t22-,25-,26-,28-,29-,31-,32+,40?/m0/s1. The molecule has 2 fully saturated rings. The Bertz CT molecular complexity index is 1200. The molecule has 0 spiro atoms. The topological polar surface area (TPSA) is 86.8 Å². The van der Waals surface area contributed by atoms with Crippen molar-refractivity contribution >= 4 is 19.1 Å². The lowest BCUT2D eigenvalue weighted by molar-refractivity contribution is -0.149. The van der Waals surface area contributed by atoms with E-state index < -0.39 is 19.5 Å². The second-order valence-electron chi connectivity index (χ2n) is 13.2. The summed E-state index contributed by atoms with van der Waals surface area (Å²) in [5, 5.41) is 2.92. The fraction of sp³-hybridized carbons (Fsp3) is 0.688. The lowest BCUT2D eigenvalue weighted by Crippen LogP contribution is -2.50. The molecule has 5 rings (SSSR count). The first-order valence-corrected chi connectivity index (χ1v) is 16.9. The molecule has 40 heavy (non-hydrogen) atoms. The van der Waals surface area contributed by atoms with Crippen LogP contribution in [0.2, 0.25) is 0 Å². The van der Waals surface area contributed by atoms with Gasteiger partial charge in [0.1, 0.15) is 12.4 Å². The molecule has 8 heteroatoms. The average molecular weight is 571 g/mol. The molecular weight excluding hydrogens is 523 g/mol. The molecule has 0 aromatic carbocycles. The molecular formula is C32H47N2O5P. The van der Waals surface area contributed by atoms with Crippen LogP contribution in [-0.2, 0) is 23.4 Å². The third-order valence-electron chi connectivity index (χ3n) is 10.3. The SMILES string of the molecule is COCP(=O)(N[C@@H](C)C(=O)OC(C)C)O[C@H]1CC[C@@]2(C)C(=CC[C@@H]3[C@@H]2CC[C@]2(C)C(c4cccnc4)=CC[C@@H]32)C1. The summed E-state index contributed by atoms with van der Waals surface area (Å²) in [4.78, 5) is 16.8. The third kappa shape index (κ3) is 5.52. The zero-order valence-corrected chi connectivity index (χ0v) is 25.9. The van der Waals surface area contributed by atoms with Crippen LogP contribution in [0.1, 0.15) is 85.1 Å². The Morgan fingerprint density at radius 1 is 1.12 bits per heavy atom. The largest absolute Gasteiger partial charge is 0.462 e. The van der Waals surface area contributed by atoms with Gasteiger partial charge in [-0.1, -0.05) is 37.6 Å². The minimum absolute atomic E-state index is 0.0870. The number of ether oxygens (including phenoxy) is 2. The number of nitrogens with zero attached hydrogens (tertiary/aromatic N) is 1. The van der Waals surface area contributed by atoms with E-state index >= 15 is 0 Å². The molecule has 0 amide bonds. The van der Waals surface area contributed by atoms with Gasteiger partial charge in [-0.05, 0) is 112 Å². The number of esters is 1. The van der Waals surface area contributed by atoms with Crippen LogP contribution < -0.4 is 5.09 Å². The van der Waals surface area contributed by atoms with E-state index in [1.54, 1.807) is 20.8 Å². The van der Waals surface area contributed by atoms with Gasteiger partial charge in [0.15, 0.2) is 0 Å². The van der Waals surface area contributed by atoms with E-state index in [9.17, 15) is 9.36 Å². The minimum Gasteiger partial charge on any atom is -0.462 e. The van der Waals surface area contributed by atoms with Crippen LogP contribution in [0.4, 0.5) is 0 Å². The molecule has 7 nitrogen and oxygen atoms in total. The minimum atomic E-state index is -3.41. The molecule has 4 aliphatic carbocycles. The Hall–Kier alpha value is -1.79. The highest BCUT2D eigenvalue weighted by molar-refractivity contribution is 7.56. The molecule has 220 valence electrons. The molecule has 8 atom stereocenters. The summed E-state index contributed by atoms with van der Waals surface area (Å²) in [5.74, 6) is 1.54. The summed E-state index contributed by atoms with van der Waals surface area (Å²) in [7, 11) is -1.91. The second-order valence-corrected chi connectivity index (χ2v) is 15.3. The lowest BCUT2D eigenvalue weighted by atomic mass is 9.47. The molecule has 0 radical (unpaired) electrons. The van der Waals surface area contributed by atoms with E-state index in [0.717, 1.165) is 32.1 Å². The smallest absolute Gasteiger partial charge is 0.323 e. The van der Waals surface area contributed by atoms with E-state index in [4.69, 9.17) is 14.0 Å². The van der Waals surface area contributed by atoms with Crippen molar-refractivity contribution in [2.75, 3.05) is 13.5 Å². The molecule has 4 aliphatic rings. The van der Waals surface area contributed by atoms with Gasteiger partial charge in [-0.2, -0.15) is 0 Å². The van der Waals surface area contributed by atoms with Crippen LogP contribution in [0.15, 0.2) is 42.3 Å². The van der Waals surface area contributed by atoms with E-state index in [2.05, 4.69) is 48.2 Å². The van der Waals surface area contributed by atoms with Crippen molar-refractivity contribution in [1.82, 2.24) is 10.1 Å². The summed E-state index contributed by atoms with van der Waals surface area (Å²) in [5.41, 5.74) is 4.59. The average Bonchev–Trinajstić information content (AvgIpc) is 3.26. The van der Waals surface area contributed by atoms with Gasteiger partial charge in [0, 0.05) is 19.5 Å². The van der Waals surface area contributed by atoms with Gasteiger partial charge >= 0.3 is 5.97 Å². The molecule has 0 saturated heterocycles. The number of hydrogen-bond acceptors (Lipinski definition) is 6. The number of nitrogens with one attached hydrogen (secondary N) is 1. The zero-order valence-electron chi connectivity index (χ0n) is 25.0. The Balaban J connectivity index is 1.28. The number of allylic oxidation sites excluding steroid dienone is 3. The maximum Gasteiger partial charge on any atom is 0.323 e. The van der Waals surface area contributed by atoms with Crippen LogP contribution >= 0.6 is 7.52 Å². The van der Waals surface area contributed by atoms with Crippen LogP contribution in [0, 0.1) is 28.6 Å². The Kier molecular flexibility index (Phi) is 8.52. The maximum atomic E-state index is 13.8. The Labute approximate surface area is 240 Å². The molecule has 1 heterocycles. The molecule has 1 aromatic heterocycles. The molecule has 2 saturated carbocycles. The van der Waals surface area contributed by atoms with Gasteiger partial charge < -0.3 is 14.0 Å². The van der Waals surface area contributed by atoms with Gasteiger partial charge in [-0.15, -0.1) is 0 Å². The van der Waals surface area contributed by atoms with Crippen molar-refractivity contribution in [3.05, 3.63) is 47.8 Å². The maximum absolute atomic E-state index is 13.8. The highest BCUT2D eigenvalue weighted by Gasteiger charge is 2.57. The van der Waals surface area contributed by atoms with Crippen LogP contribution in [0.5, 0.6) is 0 Å². The van der Waals surface area contributed by atoms with Crippen molar-refractivity contribution in [2.24, 2.45) is 28.6 Å². The second kappa shape index (κ2) is 11.5. The normalized spacial score (nSPS) is 35.5. The van der Waals surface area contributed by atoms with Crippen molar-refractivity contribution in [2.45, 2.75) is 97.8 Å². The summed E-state index contributed by atoms with van der Waals surface area (Å²) >= 11 is 0. The molecule has 1 aromatic rings. The van der Waals surface area contributed by atoms with Gasteiger partial charge in [-0.25, -0.2) is 5.09 Å². The van der Waals surface area contributed by atoms with Crippen LogP contribution in [-0.4, -0.2) is 42.7 Å². The van der Waals surface area contributed by atoms with E-state index in [1.165, 1.54) is 36.7 Å². The van der Waals surface area contributed by atoms with Crippen molar-refractivity contribution in [1.29, 1.82) is 0 Å². The number of methoxy groups -OCH3 is 1. The quantitative estimate of drug-likeness (QED) is 0.192. The van der Waals surface area contributed by atoms with Crippen molar-refractivity contribution < 1.29 is 23.4 Å². The van der Waals surface area contributed by atoms with E-state index in [0.29, 0.717) is 17.8 Å². The van der Waals surface area contributed by atoms with Crippen LogP contribution in [0.25, 0.3) is 5.57 Å². The Morgan fingerprint density at radius 2 is 1.90 bits per heavy atom. The molecule has 0 bridgehead atoms. The Morgan fingerprint density at radius 3 is 2.60 bits per heavy atom. The summed E-state index contributed by atoms with van der Waals surface area (Å²) in [6.07, 6.45) is 15.7. The number of aromatic nitrogens is 1. The lowest BCUT2D eigenvalue weighted by Gasteiger charge is -2.58. The summed E-state index contributed by atoms with van der Waals surface area (Å²) < 4.78 is 30.6. The predicted octanol–water partition coefficient (Wildman–Crippen LogP) is 7.15. The van der Waals surface area contributed by atoms with Crippen LogP contribution in [0.3, 0.4) is 0 Å². The zero-order chi connectivity index (χ0) is 28.7. The fourth-order valence-electron chi connectivity index (χ4n) is 8.45. The number of hydrogen-bond donors (Lipinski definition) is 1. The van der Waals surface area contributed by atoms with E-state index in [1.807, 2.05) is 12.4 Å². The number of rotatable bonds is 9. The first-order chi connectivity index (χ1) is 19.0. The monoisotopic (exact) mass is 570 g/mol. The molecule has 1 unspecified atom stereocenters. The molecule has 1 N–H and O–H groups in total. The first kappa shape index (κ1) is 29.7.